The molecule has 0 fully saturated rings. The number of carbonyl (C=O) groups is 2. The Labute approximate surface area is 234 Å². The number of nitrogens with one attached hydrogen (secondary N) is 2. The van der Waals surface area contributed by atoms with Crippen LogP contribution in [0.15, 0.2) is 76.7 Å². The Bertz CT molecular complexity index is 1310. The molecule has 3 rings (SSSR count). The lowest BCUT2D eigenvalue weighted by Crippen LogP contribution is -2.16. The van der Waals surface area contributed by atoms with Gasteiger partial charge in [-0.25, -0.2) is 0 Å². The van der Waals surface area contributed by atoms with Gasteiger partial charge in [-0.2, -0.15) is 0 Å². The summed E-state index contributed by atoms with van der Waals surface area (Å²) in [7, 11) is 0. The van der Waals surface area contributed by atoms with Crippen LogP contribution in [0, 0.1) is 0 Å². The SMILES string of the molecule is CCCN=C(N)c1ccc(NC(=O)c2ccc(C(=O)Nc3ccc(C(N)=NCCC)cc3)c(Cl)c2)cc1.Cl. The van der Waals surface area contributed by atoms with Gasteiger partial charge in [0.1, 0.15) is 11.7 Å². The maximum Gasteiger partial charge on any atom is 0.257 e. The van der Waals surface area contributed by atoms with Crippen LogP contribution in [0.25, 0.3) is 0 Å². The van der Waals surface area contributed by atoms with Gasteiger partial charge in [-0.3, -0.25) is 19.6 Å². The summed E-state index contributed by atoms with van der Waals surface area (Å²) < 4.78 is 0. The lowest BCUT2D eigenvalue weighted by atomic mass is 10.1. The molecule has 0 unspecified atom stereocenters. The van der Waals surface area contributed by atoms with Gasteiger partial charge in [-0.15, -0.1) is 12.4 Å². The first kappa shape index (κ1) is 30.3. The first-order valence-corrected chi connectivity index (χ1v) is 12.4. The number of hydrogen-bond acceptors (Lipinski definition) is 4. The summed E-state index contributed by atoms with van der Waals surface area (Å²) in [6.45, 7) is 5.38. The van der Waals surface area contributed by atoms with Gasteiger partial charge in [0, 0.05) is 41.2 Å². The number of nitrogens with zero attached hydrogens (tertiary/aromatic N) is 2. The second-order valence-corrected chi connectivity index (χ2v) is 8.70. The third-order valence-corrected chi connectivity index (χ3v) is 5.68. The summed E-state index contributed by atoms with van der Waals surface area (Å²) in [4.78, 5) is 34.0. The number of rotatable bonds is 10. The highest BCUT2D eigenvalue weighted by molar-refractivity contribution is 6.35. The Kier molecular flexibility index (Phi) is 11.8. The first-order chi connectivity index (χ1) is 17.8. The van der Waals surface area contributed by atoms with Crippen LogP contribution in [0.2, 0.25) is 5.02 Å². The average Bonchev–Trinajstić information content (AvgIpc) is 2.91. The minimum atomic E-state index is -0.393. The topological polar surface area (TPSA) is 135 Å². The predicted octanol–water partition coefficient (Wildman–Crippen LogP) is 5.50. The molecule has 0 saturated carbocycles. The van der Waals surface area contributed by atoms with E-state index in [1.165, 1.54) is 12.1 Å². The monoisotopic (exact) mass is 554 g/mol. The molecule has 0 aromatic heterocycles. The third kappa shape index (κ3) is 8.33. The minimum absolute atomic E-state index is 0. The van der Waals surface area contributed by atoms with E-state index < -0.39 is 5.91 Å². The third-order valence-electron chi connectivity index (χ3n) is 5.36. The molecule has 0 aliphatic rings. The van der Waals surface area contributed by atoms with Crippen LogP contribution in [0.1, 0.15) is 58.5 Å². The molecule has 200 valence electrons. The fraction of sp³-hybridized carbons (Fsp3) is 0.214. The van der Waals surface area contributed by atoms with Gasteiger partial charge in [-0.1, -0.05) is 25.4 Å². The van der Waals surface area contributed by atoms with Gasteiger partial charge in [0.25, 0.3) is 11.8 Å². The molecular formula is C28H32Cl2N6O2. The fourth-order valence-corrected chi connectivity index (χ4v) is 3.60. The van der Waals surface area contributed by atoms with Crippen molar-refractivity contribution in [3.8, 4) is 0 Å². The van der Waals surface area contributed by atoms with E-state index >= 15 is 0 Å². The molecule has 3 aromatic rings. The number of hydrogen-bond donors (Lipinski definition) is 4. The standard InChI is InChI=1S/C28H31ClN6O2.ClH/c1-3-15-32-25(30)18-5-10-21(11-6-18)34-27(36)20-9-14-23(24(29)17-20)28(37)35-22-12-7-19(8-13-22)26(31)33-16-4-2;/h5-14,17H,3-4,15-16H2,1-2H3,(H2,30,32)(H2,31,33)(H,34,36)(H,35,37);1H. The van der Waals surface area contributed by atoms with Crippen molar-refractivity contribution < 1.29 is 9.59 Å². The molecule has 8 nitrogen and oxygen atoms in total. The predicted molar refractivity (Wildman–Crippen MR) is 159 cm³/mol. The zero-order valence-corrected chi connectivity index (χ0v) is 22.9. The van der Waals surface area contributed by atoms with Crippen molar-refractivity contribution >= 4 is 58.9 Å². The minimum Gasteiger partial charge on any atom is -0.384 e. The maximum absolute atomic E-state index is 12.8. The van der Waals surface area contributed by atoms with E-state index in [0.29, 0.717) is 41.7 Å². The molecular weight excluding hydrogens is 523 g/mol. The number of anilines is 2. The number of halogens is 2. The van der Waals surface area contributed by atoms with Crippen LogP contribution in [0.4, 0.5) is 11.4 Å². The number of carbonyl (C=O) groups excluding carboxylic acids is 2. The highest BCUT2D eigenvalue weighted by Gasteiger charge is 2.15. The molecule has 0 heterocycles. The van der Waals surface area contributed by atoms with Gasteiger partial charge >= 0.3 is 0 Å². The normalized spacial score (nSPS) is 11.4. The highest BCUT2D eigenvalue weighted by Crippen LogP contribution is 2.21. The summed E-state index contributed by atoms with van der Waals surface area (Å²) in [5, 5.41) is 5.77. The summed E-state index contributed by atoms with van der Waals surface area (Å²) in [6, 6.07) is 18.7. The molecule has 3 aromatic carbocycles. The van der Waals surface area contributed by atoms with E-state index in [2.05, 4.69) is 20.6 Å². The lowest BCUT2D eigenvalue weighted by Gasteiger charge is -2.10. The van der Waals surface area contributed by atoms with E-state index in [1.54, 1.807) is 54.6 Å². The fourth-order valence-electron chi connectivity index (χ4n) is 3.34. The van der Waals surface area contributed by atoms with Crippen molar-refractivity contribution in [1.29, 1.82) is 0 Å². The van der Waals surface area contributed by atoms with Crippen LogP contribution >= 0.6 is 24.0 Å². The Hall–Kier alpha value is -3.88. The zero-order chi connectivity index (χ0) is 26.8. The van der Waals surface area contributed by atoms with Gasteiger partial charge in [0.05, 0.1) is 10.6 Å². The van der Waals surface area contributed by atoms with Crippen LogP contribution < -0.4 is 22.1 Å². The van der Waals surface area contributed by atoms with Crippen molar-refractivity contribution in [1.82, 2.24) is 0 Å². The number of amidine groups is 2. The van der Waals surface area contributed by atoms with Gasteiger partial charge < -0.3 is 22.1 Å². The molecule has 0 saturated heterocycles. The number of benzene rings is 3. The van der Waals surface area contributed by atoms with E-state index in [-0.39, 0.29) is 28.9 Å². The molecule has 10 heteroatoms. The maximum atomic E-state index is 12.8. The quantitative estimate of drug-likeness (QED) is 0.194. The molecule has 6 N–H and O–H groups in total. The summed E-state index contributed by atoms with van der Waals surface area (Å²) >= 11 is 6.35. The van der Waals surface area contributed by atoms with Gasteiger partial charge in [-0.05, 0) is 79.6 Å². The van der Waals surface area contributed by atoms with E-state index in [1.807, 2.05) is 13.8 Å². The van der Waals surface area contributed by atoms with Crippen LogP contribution in [0.5, 0.6) is 0 Å². The van der Waals surface area contributed by atoms with Crippen LogP contribution in [-0.2, 0) is 0 Å². The van der Waals surface area contributed by atoms with Gasteiger partial charge in [0.15, 0.2) is 0 Å². The molecule has 0 radical (unpaired) electrons. The van der Waals surface area contributed by atoms with E-state index in [0.717, 1.165) is 24.0 Å². The van der Waals surface area contributed by atoms with Gasteiger partial charge in [0.2, 0.25) is 0 Å². The van der Waals surface area contributed by atoms with Crippen LogP contribution in [-0.4, -0.2) is 36.6 Å². The number of aliphatic imine (C=N–C) groups is 2. The van der Waals surface area contributed by atoms with Crippen molar-refractivity contribution in [2.45, 2.75) is 26.7 Å². The second kappa shape index (κ2) is 14.8. The van der Waals surface area contributed by atoms with Crippen molar-refractivity contribution in [3.05, 3.63) is 94.0 Å². The average molecular weight is 556 g/mol. The molecule has 0 atom stereocenters. The summed E-state index contributed by atoms with van der Waals surface area (Å²) in [5.41, 5.74) is 15.2. The Morgan fingerprint density at radius 1 is 0.711 bits per heavy atom. The molecule has 0 bridgehead atoms. The van der Waals surface area contributed by atoms with Crippen molar-refractivity contribution in [3.63, 3.8) is 0 Å². The zero-order valence-electron chi connectivity index (χ0n) is 21.3. The van der Waals surface area contributed by atoms with Crippen molar-refractivity contribution in [2.24, 2.45) is 21.5 Å². The molecule has 0 spiro atoms. The van der Waals surface area contributed by atoms with E-state index in [9.17, 15) is 9.59 Å². The smallest absolute Gasteiger partial charge is 0.257 e. The molecule has 0 aliphatic carbocycles. The molecule has 38 heavy (non-hydrogen) atoms. The lowest BCUT2D eigenvalue weighted by molar-refractivity contribution is 0.101. The number of amides is 2. The van der Waals surface area contributed by atoms with E-state index in [4.69, 9.17) is 23.1 Å². The highest BCUT2D eigenvalue weighted by atomic mass is 35.5. The largest absolute Gasteiger partial charge is 0.384 e. The first-order valence-electron chi connectivity index (χ1n) is 12.0. The van der Waals surface area contributed by atoms with Crippen molar-refractivity contribution in [2.75, 3.05) is 23.7 Å². The molecule has 0 aliphatic heterocycles. The Morgan fingerprint density at radius 2 is 1.13 bits per heavy atom. The number of nitrogens with two attached hydrogens (primary N) is 2. The second-order valence-electron chi connectivity index (χ2n) is 8.29. The Balaban J connectivity index is 0.00000507. The Morgan fingerprint density at radius 3 is 1.55 bits per heavy atom. The molecule has 2 amide bonds. The summed E-state index contributed by atoms with van der Waals surface area (Å²) in [5.74, 6) is 0.168. The summed E-state index contributed by atoms with van der Waals surface area (Å²) in [6.07, 6.45) is 1.82. The van der Waals surface area contributed by atoms with Crippen LogP contribution in [0.3, 0.4) is 0 Å².